The third-order valence-corrected chi connectivity index (χ3v) is 5.89. The van der Waals surface area contributed by atoms with Crippen molar-refractivity contribution in [3.05, 3.63) is 36.3 Å². The molecule has 2 amide bonds. The topological polar surface area (TPSA) is 105 Å². The molecule has 3 aromatic rings. The highest BCUT2D eigenvalue weighted by Crippen LogP contribution is 2.26. The number of fused-ring (bicyclic) bond motifs is 1. The Morgan fingerprint density at radius 2 is 2.03 bits per heavy atom. The first-order chi connectivity index (χ1) is 15.9. The Bertz CT molecular complexity index is 1170. The second kappa shape index (κ2) is 9.74. The van der Waals surface area contributed by atoms with Gasteiger partial charge in [0.05, 0.1) is 24.0 Å². The Balaban J connectivity index is 1.39. The van der Waals surface area contributed by atoms with Gasteiger partial charge in [0.25, 0.3) is 0 Å². The molecule has 1 aromatic carbocycles. The van der Waals surface area contributed by atoms with Crippen LogP contribution in [0.1, 0.15) is 20.3 Å². The van der Waals surface area contributed by atoms with Crippen LogP contribution in [0.15, 0.2) is 35.6 Å². The summed E-state index contributed by atoms with van der Waals surface area (Å²) in [6, 6.07) is 5.91. The van der Waals surface area contributed by atoms with E-state index in [9.17, 15) is 14.0 Å². The lowest BCUT2D eigenvalue weighted by molar-refractivity contribution is -0.126. The number of anilines is 2. The second-order valence-corrected chi connectivity index (χ2v) is 8.91. The van der Waals surface area contributed by atoms with Gasteiger partial charge in [0.1, 0.15) is 11.6 Å². The monoisotopic (exact) mass is 471 g/mol. The number of aromatic nitrogens is 4. The molecule has 2 N–H and O–H groups in total. The summed E-state index contributed by atoms with van der Waals surface area (Å²) in [6.45, 7) is 5.14. The van der Waals surface area contributed by atoms with Crippen LogP contribution in [0, 0.1) is 11.7 Å². The minimum atomic E-state index is -0.454. The molecule has 0 radical (unpaired) electrons. The molecular weight excluding hydrogens is 445 g/mol. The Morgan fingerprint density at radius 1 is 1.27 bits per heavy atom. The Labute approximate surface area is 195 Å². The van der Waals surface area contributed by atoms with Gasteiger partial charge in [-0.1, -0.05) is 11.8 Å². The van der Waals surface area contributed by atoms with Crippen molar-refractivity contribution in [3.63, 3.8) is 0 Å². The van der Waals surface area contributed by atoms with Crippen LogP contribution in [0.2, 0.25) is 0 Å². The molecule has 2 aromatic heterocycles. The van der Waals surface area contributed by atoms with E-state index >= 15 is 0 Å². The van der Waals surface area contributed by atoms with E-state index in [2.05, 4.69) is 25.7 Å². The van der Waals surface area contributed by atoms with E-state index in [-0.39, 0.29) is 36.6 Å². The van der Waals surface area contributed by atoms with Crippen LogP contribution in [0.4, 0.5) is 15.9 Å². The average Bonchev–Trinajstić information content (AvgIpc) is 3.37. The zero-order valence-corrected chi connectivity index (χ0v) is 19.5. The van der Waals surface area contributed by atoms with Crippen molar-refractivity contribution in [3.8, 4) is 0 Å². The number of hydrogen-bond donors (Lipinski definition) is 2. The van der Waals surface area contributed by atoms with E-state index in [0.717, 1.165) is 11.2 Å². The molecule has 1 aliphatic rings. The van der Waals surface area contributed by atoms with Crippen molar-refractivity contribution in [2.45, 2.75) is 38.0 Å². The molecule has 1 fully saturated rings. The van der Waals surface area contributed by atoms with Crippen molar-refractivity contribution < 1.29 is 14.0 Å². The van der Waals surface area contributed by atoms with Gasteiger partial charge < -0.3 is 15.5 Å². The summed E-state index contributed by atoms with van der Waals surface area (Å²) in [5.41, 5.74) is 1.29. The third kappa shape index (κ3) is 5.08. The van der Waals surface area contributed by atoms with Crippen LogP contribution >= 0.6 is 11.8 Å². The largest absolute Gasteiger partial charge is 0.367 e. The maximum absolute atomic E-state index is 13.2. The molecule has 4 rings (SSSR count). The number of nitrogens with one attached hydrogen (secondary N) is 2. The average molecular weight is 472 g/mol. The molecule has 1 atom stereocenters. The first-order valence-electron chi connectivity index (χ1n) is 10.7. The normalized spacial score (nSPS) is 16.1. The predicted molar refractivity (Wildman–Crippen MR) is 126 cm³/mol. The number of thioether (sulfide) groups is 1. The minimum Gasteiger partial charge on any atom is -0.367 e. The van der Waals surface area contributed by atoms with Crippen molar-refractivity contribution in [2.75, 3.05) is 29.6 Å². The van der Waals surface area contributed by atoms with Crippen LogP contribution in [0.5, 0.6) is 0 Å². The molecule has 1 unspecified atom stereocenters. The summed E-state index contributed by atoms with van der Waals surface area (Å²) < 4.78 is 14.9. The van der Waals surface area contributed by atoms with Crippen molar-refractivity contribution in [1.82, 2.24) is 25.1 Å². The molecule has 9 nitrogen and oxygen atoms in total. The second-order valence-electron chi connectivity index (χ2n) is 8.14. The maximum atomic E-state index is 13.2. The lowest BCUT2D eigenvalue weighted by Crippen LogP contribution is -2.35. The van der Waals surface area contributed by atoms with Gasteiger partial charge in [0.15, 0.2) is 10.8 Å². The summed E-state index contributed by atoms with van der Waals surface area (Å²) in [6.07, 6.45) is 3.77. The first-order valence-corrected chi connectivity index (χ1v) is 12.0. The van der Waals surface area contributed by atoms with Crippen LogP contribution in [-0.4, -0.2) is 56.9 Å². The lowest BCUT2D eigenvalue weighted by atomic mass is 10.1. The van der Waals surface area contributed by atoms with Crippen molar-refractivity contribution >= 4 is 46.1 Å². The molecule has 11 heteroatoms. The number of carbonyl (C=O) groups is 2. The highest BCUT2D eigenvalue weighted by Gasteiger charge is 2.35. The van der Waals surface area contributed by atoms with Crippen LogP contribution < -0.4 is 15.5 Å². The van der Waals surface area contributed by atoms with E-state index in [4.69, 9.17) is 0 Å². The van der Waals surface area contributed by atoms with Crippen LogP contribution in [0.25, 0.3) is 11.0 Å². The van der Waals surface area contributed by atoms with E-state index in [1.807, 2.05) is 20.1 Å². The molecule has 1 saturated heterocycles. The lowest BCUT2D eigenvalue weighted by Gasteiger charge is -2.16. The molecule has 0 bridgehead atoms. The molecule has 0 aliphatic carbocycles. The quantitative estimate of drug-likeness (QED) is 0.384. The summed E-state index contributed by atoms with van der Waals surface area (Å²) in [4.78, 5) is 35.7. The molecule has 174 valence electrons. The van der Waals surface area contributed by atoms with Gasteiger partial charge in [0, 0.05) is 31.2 Å². The van der Waals surface area contributed by atoms with Gasteiger partial charge in [-0.15, -0.1) is 0 Å². The van der Waals surface area contributed by atoms with E-state index in [1.54, 1.807) is 23.0 Å². The SMILES string of the molecule is CSc1nc(NC(C)C)c2cnn(CCNC(=O)C3CC(=O)N(c4ccc(F)cc4)C3)c2n1. The van der Waals surface area contributed by atoms with Gasteiger partial charge in [-0.25, -0.2) is 19.0 Å². The number of halogens is 1. The van der Waals surface area contributed by atoms with Gasteiger partial charge >= 0.3 is 0 Å². The molecular formula is C22H26FN7O2S. The highest BCUT2D eigenvalue weighted by atomic mass is 32.2. The maximum Gasteiger partial charge on any atom is 0.227 e. The minimum absolute atomic E-state index is 0.127. The summed E-state index contributed by atoms with van der Waals surface area (Å²) in [5, 5.41) is 12.1. The fourth-order valence-corrected chi connectivity index (χ4v) is 4.12. The molecule has 3 heterocycles. The molecule has 0 saturated carbocycles. The molecule has 0 spiro atoms. The zero-order valence-electron chi connectivity index (χ0n) is 18.7. The van der Waals surface area contributed by atoms with Crippen LogP contribution in [0.3, 0.4) is 0 Å². The van der Waals surface area contributed by atoms with Crippen molar-refractivity contribution in [1.29, 1.82) is 0 Å². The summed E-state index contributed by atoms with van der Waals surface area (Å²) in [7, 11) is 0. The summed E-state index contributed by atoms with van der Waals surface area (Å²) >= 11 is 1.45. The number of hydrogen-bond acceptors (Lipinski definition) is 7. The van der Waals surface area contributed by atoms with Crippen molar-refractivity contribution in [2.24, 2.45) is 5.92 Å². The number of nitrogens with zero attached hydrogens (tertiary/aromatic N) is 5. The Hall–Kier alpha value is -3.21. The Morgan fingerprint density at radius 3 is 2.73 bits per heavy atom. The number of benzene rings is 1. The predicted octanol–water partition coefficient (Wildman–Crippen LogP) is 2.68. The van der Waals surface area contributed by atoms with Gasteiger partial charge in [-0.2, -0.15) is 5.10 Å². The zero-order chi connectivity index (χ0) is 23.5. The number of amides is 2. The third-order valence-electron chi connectivity index (χ3n) is 5.34. The smallest absolute Gasteiger partial charge is 0.227 e. The van der Waals surface area contributed by atoms with Gasteiger partial charge in [-0.3, -0.25) is 9.59 Å². The number of rotatable bonds is 8. The van der Waals surface area contributed by atoms with E-state index in [1.165, 1.54) is 28.8 Å². The number of carbonyl (C=O) groups excluding carboxylic acids is 2. The fraction of sp³-hybridized carbons (Fsp3) is 0.409. The highest BCUT2D eigenvalue weighted by molar-refractivity contribution is 7.98. The molecule has 1 aliphatic heterocycles. The molecule has 33 heavy (non-hydrogen) atoms. The Kier molecular flexibility index (Phi) is 6.77. The van der Waals surface area contributed by atoms with Crippen LogP contribution in [-0.2, 0) is 16.1 Å². The van der Waals surface area contributed by atoms with Gasteiger partial charge in [-0.05, 0) is 44.4 Å². The first kappa shape index (κ1) is 23.0. The van der Waals surface area contributed by atoms with E-state index in [0.29, 0.717) is 29.6 Å². The fourth-order valence-electron chi connectivity index (χ4n) is 3.76. The standard InChI is InChI=1S/C22H26FN7O2S/c1-13(2)26-19-17-11-25-30(20(17)28-22(27-19)33-3)9-8-24-21(32)14-10-18(31)29(12-14)16-6-4-15(23)5-7-16/h4-7,11,13-14H,8-10,12H2,1-3H3,(H,24,32)(H,26,27,28). The van der Waals surface area contributed by atoms with Gasteiger partial charge in [0.2, 0.25) is 11.8 Å². The van der Waals surface area contributed by atoms with E-state index < -0.39 is 5.92 Å². The summed E-state index contributed by atoms with van der Waals surface area (Å²) in [5.74, 6) is -0.422.